The Morgan fingerprint density at radius 3 is 2.63 bits per heavy atom. The van der Waals surface area contributed by atoms with E-state index in [0.29, 0.717) is 30.4 Å². The first-order valence-electron chi connectivity index (χ1n) is 7.11. The molecule has 1 amide bonds. The molecule has 104 valence electrons. The van der Waals surface area contributed by atoms with Crippen LogP contribution in [0.3, 0.4) is 0 Å². The van der Waals surface area contributed by atoms with E-state index in [1.54, 1.807) is 12.1 Å². The van der Waals surface area contributed by atoms with Crippen LogP contribution in [0.25, 0.3) is 0 Å². The van der Waals surface area contributed by atoms with Crippen molar-refractivity contribution in [3.05, 3.63) is 35.6 Å². The minimum absolute atomic E-state index is 0.166. The number of carbonyl (C=O) groups is 1. The van der Waals surface area contributed by atoms with Gasteiger partial charge in [-0.2, -0.15) is 0 Å². The lowest BCUT2D eigenvalue weighted by Gasteiger charge is -2.24. The van der Waals surface area contributed by atoms with Crippen molar-refractivity contribution in [1.29, 1.82) is 0 Å². The Balaban J connectivity index is 1.90. The van der Waals surface area contributed by atoms with E-state index in [-0.39, 0.29) is 11.7 Å². The van der Waals surface area contributed by atoms with Crippen LogP contribution in [0, 0.1) is 11.7 Å². The molecule has 1 aliphatic rings. The van der Waals surface area contributed by atoms with Gasteiger partial charge in [-0.3, -0.25) is 4.79 Å². The maximum Gasteiger partial charge on any atom is 0.223 e. The summed E-state index contributed by atoms with van der Waals surface area (Å²) >= 11 is 0. The fourth-order valence-corrected chi connectivity index (χ4v) is 2.32. The van der Waals surface area contributed by atoms with E-state index in [1.807, 2.05) is 11.0 Å². The van der Waals surface area contributed by atoms with Gasteiger partial charge in [0, 0.05) is 19.0 Å². The van der Waals surface area contributed by atoms with Crippen molar-refractivity contribution in [3.8, 4) is 0 Å². The third kappa shape index (κ3) is 4.05. The Hall–Kier alpha value is -1.38. The Bertz CT molecular complexity index is 440. The van der Waals surface area contributed by atoms with Gasteiger partial charge in [0.15, 0.2) is 0 Å². The van der Waals surface area contributed by atoms with E-state index in [9.17, 15) is 9.18 Å². The molecule has 0 saturated heterocycles. The van der Waals surface area contributed by atoms with Gasteiger partial charge in [0.1, 0.15) is 5.82 Å². The fraction of sp³-hybridized carbons (Fsp3) is 0.562. The van der Waals surface area contributed by atoms with E-state index in [4.69, 9.17) is 0 Å². The highest BCUT2D eigenvalue weighted by Crippen LogP contribution is 2.28. The molecular formula is C16H22FNO. The first-order chi connectivity index (χ1) is 9.08. The number of aryl methyl sites for hydroxylation is 1. The predicted molar refractivity (Wildman–Crippen MR) is 74.3 cm³/mol. The lowest BCUT2D eigenvalue weighted by molar-refractivity contribution is -0.132. The standard InChI is InChI=1S/C16H22FNO/c1-12(2)11-18(14-8-9-14)16(19)10-7-13-5-3-4-6-15(13)17/h3-6,12,14H,7-11H2,1-2H3. The summed E-state index contributed by atoms with van der Waals surface area (Å²) in [6.07, 6.45) is 3.15. The van der Waals surface area contributed by atoms with Crippen molar-refractivity contribution in [3.63, 3.8) is 0 Å². The normalized spacial score (nSPS) is 14.7. The molecule has 0 unspecified atom stereocenters. The molecule has 2 nitrogen and oxygen atoms in total. The number of carbonyl (C=O) groups excluding carboxylic acids is 1. The maximum absolute atomic E-state index is 13.5. The van der Waals surface area contributed by atoms with Crippen LogP contribution >= 0.6 is 0 Å². The van der Waals surface area contributed by atoms with E-state index >= 15 is 0 Å². The summed E-state index contributed by atoms with van der Waals surface area (Å²) in [6, 6.07) is 7.14. The number of rotatable bonds is 6. The Labute approximate surface area is 114 Å². The van der Waals surface area contributed by atoms with Gasteiger partial charge in [-0.15, -0.1) is 0 Å². The van der Waals surface area contributed by atoms with E-state index in [1.165, 1.54) is 6.07 Å². The van der Waals surface area contributed by atoms with Gasteiger partial charge in [-0.1, -0.05) is 32.0 Å². The molecule has 0 spiro atoms. The molecule has 0 heterocycles. The molecule has 0 bridgehead atoms. The molecule has 0 atom stereocenters. The van der Waals surface area contributed by atoms with Gasteiger partial charge in [0.2, 0.25) is 5.91 Å². The third-order valence-electron chi connectivity index (χ3n) is 3.44. The first kappa shape index (κ1) is 14.0. The van der Waals surface area contributed by atoms with Crippen molar-refractivity contribution in [1.82, 2.24) is 4.90 Å². The van der Waals surface area contributed by atoms with Crippen LogP contribution in [0.1, 0.15) is 38.7 Å². The summed E-state index contributed by atoms with van der Waals surface area (Å²) in [4.78, 5) is 14.2. The van der Waals surface area contributed by atoms with Crippen LogP contribution in [0.2, 0.25) is 0 Å². The van der Waals surface area contributed by atoms with Crippen molar-refractivity contribution >= 4 is 5.91 Å². The SMILES string of the molecule is CC(C)CN(C(=O)CCc1ccccc1F)C1CC1. The fourth-order valence-electron chi connectivity index (χ4n) is 2.32. The number of hydrogen-bond donors (Lipinski definition) is 0. The lowest BCUT2D eigenvalue weighted by atomic mass is 10.1. The third-order valence-corrected chi connectivity index (χ3v) is 3.44. The zero-order valence-corrected chi connectivity index (χ0v) is 11.7. The summed E-state index contributed by atoms with van der Waals surface area (Å²) in [5, 5.41) is 0. The minimum atomic E-state index is -0.211. The predicted octanol–water partition coefficient (Wildman–Crippen LogP) is 3.41. The topological polar surface area (TPSA) is 20.3 Å². The second-order valence-corrected chi connectivity index (χ2v) is 5.76. The van der Waals surface area contributed by atoms with Gasteiger partial charge in [0.25, 0.3) is 0 Å². The Morgan fingerprint density at radius 1 is 1.37 bits per heavy atom. The quantitative estimate of drug-likeness (QED) is 0.770. The zero-order valence-electron chi connectivity index (χ0n) is 11.7. The molecule has 2 rings (SSSR count). The average Bonchev–Trinajstić information content (AvgIpc) is 3.18. The summed E-state index contributed by atoms with van der Waals surface area (Å²) in [5.74, 6) is 0.439. The van der Waals surface area contributed by atoms with Crippen LogP contribution < -0.4 is 0 Å². The molecule has 0 aromatic heterocycles. The molecule has 1 aromatic carbocycles. The number of benzene rings is 1. The Morgan fingerprint density at radius 2 is 2.05 bits per heavy atom. The van der Waals surface area contributed by atoms with Crippen LogP contribution in [-0.2, 0) is 11.2 Å². The summed E-state index contributed by atoms with van der Waals surface area (Å²) < 4.78 is 13.5. The molecule has 0 aliphatic heterocycles. The second-order valence-electron chi connectivity index (χ2n) is 5.76. The van der Waals surface area contributed by atoms with Crippen molar-refractivity contribution in [2.45, 2.75) is 45.6 Å². The van der Waals surface area contributed by atoms with E-state index in [2.05, 4.69) is 13.8 Å². The average molecular weight is 263 g/mol. The monoisotopic (exact) mass is 263 g/mol. The lowest BCUT2D eigenvalue weighted by Crippen LogP contribution is -2.36. The van der Waals surface area contributed by atoms with Gasteiger partial charge >= 0.3 is 0 Å². The van der Waals surface area contributed by atoms with Crippen molar-refractivity contribution in [2.75, 3.05) is 6.54 Å². The highest BCUT2D eigenvalue weighted by atomic mass is 19.1. The molecule has 3 heteroatoms. The highest BCUT2D eigenvalue weighted by molar-refractivity contribution is 5.77. The number of nitrogens with zero attached hydrogens (tertiary/aromatic N) is 1. The Kier molecular flexibility index (Phi) is 4.56. The zero-order chi connectivity index (χ0) is 13.8. The molecule has 1 aromatic rings. The smallest absolute Gasteiger partial charge is 0.223 e. The summed E-state index contributed by atoms with van der Waals surface area (Å²) in [6.45, 7) is 5.07. The van der Waals surface area contributed by atoms with Gasteiger partial charge in [-0.25, -0.2) is 4.39 Å². The molecule has 0 radical (unpaired) electrons. The molecule has 0 N–H and O–H groups in total. The largest absolute Gasteiger partial charge is 0.339 e. The molecule has 1 saturated carbocycles. The molecular weight excluding hydrogens is 241 g/mol. The maximum atomic E-state index is 13.5. The van der Waals surface area contributed by atoms with E-state index in [0.717, 1.165) is 19.4 Å². The first-order valence-corrected chi connectivity index (χ1v) is 7.11. The minimum Gasteiger partial charge on any atom is -0.339 e. The number of halogens is 1. The molecule has 1 aliphatic carbocycles. The van der Waals surface area contributed by atoms with Crippen LogP contribution in [0.4, 0.5) is 4.39 Å². The van der Waals surface area contributed by atoms with Crippen molar-refractivity contribution in [2.24, 2.45) is 5.92 Å². The van der Waals surface area contributed by atoms with Crippen LogP contribution in [-0.4, -0.2) is 23.4 Å². The second kappa shape index (κ2) is 6.18. The van der Waals surface area contributed by atoms with Gasteiger partial charge in [0.05, 0.1) is 0 Å². The van der Waals surface area contributed by atoms with Gasteiger partial charge < -0.3 is 4.90 Å². The highest BCUT2D eigenvalue weighted by Gasteiger charge is 2.32. The van der Waals surface area contributed by atoms with E-state index < -0.39 is 0 Å². The van der Waals surface area contributed by atoms with Crippen LogP contribution in [0.5, 0.6) is 0 Å². The molecule has 19 heavy (non-hydrogen) atoms. The van der Waals surface area contributed by atoms with Crippen molar-refractivity contribution < 1.29 is 9.18 Å². The number of hydrogen-bond acceptors (Lipinski definition) is 1. The number of amides is 1. The summed E-state index contributed by atoms with van der Waals surface area (Å²) in [5.41, 5.74) is 0.635. The molecule has 1 fully saturated rings. The van der Waals surface area contributed by atoms with Crippen LogP contribution in [0.15, 0.2) is 24.3 Å². The summed E-state index contributed by atoms with van der Waals surface area (Å²) in [7, 11) is 0. The van der Waals surface area contributed by atoms with Gasteiger partial charge in [-0.05, 0) is 36.8 Å².